The molecular weight excluding hydrogens is 266 g/mol. The summed E-state index contributed by atoms with van der Waals surface area (Å²) in [6.45, 7) is 2.16. The normalized spacial score (nSPS) is 13.7. The Morgan fingerprint density at radius 3 is 2.00 bits per heavy atom. The molecule has 2 rings (SSSR count). The minimum atomic E-state index is -0.480. The van der Waals surface area contributed by atoms with Crippen molar-refractivity contribution in [3.05, 3.63) is 35.4 Å². The first kappa shape index (κ1) is 15.4. The first-order chi connectivity index (χ1) is 10.2. The van der Waals surface area contributed by atoms with Crippen molar-refractivity contribution in [3.63, 3.8) is 0 Å². The number of unbranched alkanes of at least 4 members (excludes halogenated alkanes) is 5. The molecule has 0 spiro atoms. The van der Waals surface area contributed by atoms with Crippen LogP contribution in [0.1, 0.15) is 72.6 Å². The molecule has 0 saturated heterocycles. The molecule has 1 aromatic carbocycles. The van der Waals surface area contributed by atoms with Crippen LogP contribution in [0.5, 0.6) is 0 Å². The maximum Gasteiger partial charge on any atom is 0.268 e. The van der Waals surface area contributed by atoms with E-state index < -0.39 is 11.8 Å². The van der Waals surface area contributed by atoms with Crippen LogP contribution in [0.15, 0.2) is 24.3 Å². The molecule has 0 saturated carbocycles. The minimum Gasteiger partial charge on any atom is -0.274 e. The second-order valence-corrected chi connectivity index (χ2v) is 5.40. The number of hydrogen-bond acceptors (Lipinski definition) is 3. The minimum absolute atomic E-state index is 0.262. The summed E-state index contributed by atoms with van der Waals surface area (Å²) in [7, 11) is 0. The predicted octanol–water partition coefficient (Wildman–Crippen LogP) is 3.56. The Morgan fingerprint density at radius 2 is 1.43 bits per heavy atom. The van der Waals surface area contributed by atoms with Gasteiger partial charge in [-0.1, -0.05) is 51.2 Å². The molecule has 4 heteroatoms. The quantitative estimate of drug-likeness (QED) is 0.569. The maximum atomic E-state index is 12.1. The van der Waals surface area contributed by atoms with Crippen LogP contribution in [-0.2, 0) is 4.79 Å². The van der Waals surface area contributed by atoms with E-state index >= 15 is 0 Å². The van der Waals surface area contributed by atoms with Crippen LogP contribution in [0.3, 0.4) is 0 Å². The van der Waals surface area contributed by atoms with Gasteiger partial charge in [0.2, 0.25) is 5.91 Å². The van der Waals surface area contributed by atoms with Crippen molar-refractivity contribution in [1.82, 2.24) is 4.90 Å². The van der Waals surface area contributed by atoms with Crippen LogP contribution in [-0.4, -0.2) is 22.6 Å². The lowest BCUT2D eigenvalue weighted by Gasteiger charge is -2.11. The fourth-order valence-corrected chi connectivity index (χ4v) is 2.58. The van der Waals surface area contributed by atoms with Gasteiger partial charge in [0.1, 0.15) is 0 Å². The largest absolute Gasteiger partial charge is 0.274 e. The third kappa shape index (κ3) is 3.38. The Labute approximate surface area is 125 Å². The van der Waals surface area contributed by atoms with Gasteiger partial charge in [-0.05, 0) is 18.6 Å². The molecule has 0 fully saturated rings. The number of fused-ring (bicyclic) bond motifs is 1. The van der Waals surface area contributed by atoms with Crippen molar-refractivity contribution in [3.8, 4) is 0 Å². The number of imide groups is 3. The summed E-state index contributed by atoms with van der Waals surface area (Å²) in [5.74, 6) is -1.34. The molecule has 0 N–H and O–H groups in total. The van der Waals surface area contributed by atoms with Crippen molar-refractivity contribution in [2.45, 2.75) is 51.9 Å². The van der Waals surface area contributed by atoms with Crippen LogP contribution in [0.2, 0.25) is 0 Å². The first-order valence-electron chi connectivity index (χ1n) is 7.67. The Kier molecular flexibility index (Phi) is 5.26. The lowest BCUT2D eigenvalue weighted by Crippen LogP contribution is -2.35. The van der Waals surface area contributed by atoms with E-state index in [1.807, 2.05) is 0 Å². The molecule has 1 aliphatic rings. The molecule has 0 bridgehead atoms. The van der Waals surface area contributed by atoms with Gasteiger partial charge in [0.25, 0.3) is 11.8 Å². The van der Waals surface area contributed by atoms with Gasteiger partial charge in [0, 0.05) is 6.42 Å². The molecule has 0 aliphatic carbocycles. The van der Waals surface area contributed by atoms with E-state index in [4.69, 9.17) is 0 Å². The first-order valence-corrected chi connectivity index (χ1v) is 7.67. The molecule has 1 aromatic rings. The Hall–Kier alpha value is -1.97. The van der Waals surface area contributed by atoms with E-state index in [1.54, 1.807) is 24.3 Å². The van der Waals surface area contributed by atoms with Crippen LogP contribution >= 0.6 is 0 Å². The zero-order valence-corrected chi connectivity index (χ0v) is 12.4. The fraction of sp³-hybridized carbons (Fsp3) is 0.471. The van der Waals surface area contributed by atoms with E-state index in [0.29, 0.717) is 11.1 Å². The Morgan fingerprint density at radius 1 is 0.905 bits per heavy atom. The SMILES string of the molecule is CCCCCCCCC(=O)N1C(=O)c2ccccc2C1=O. The zero-order chi connectivity index (χ0) is 15.2. The predicted molar refractivity (Wildman–Crippen MR) is 79.9 cm³/mol. The third-order valence-electron chi connectivity index (χ3n) is 3.79. The molecule has 3 amide bonds. The maximum absolute atomic E-state index is 12.1. The second kappa shape index (κ2) is 7.16. The number of benzene rings is 1. The van der Waals surface area contributed by atoms with E-state index in [-0.39, 0.29) is 12.3 Å². The summed E-state index contributed by atoms with van der Waals surface area (Å²) >= 11 is 0. The van der Waals surface area contributed by atoms with Crippen LogP contribution in [0.25, 0.3) is 0 Å². The molecule has 112 valence electrons. The van der Waals surface area contributed by atoms with Crippen LogP contribution < -0.4 is 0 Å². The highest BCUT2D eigenvalue weighted by atomic mass is 16.2. The summed E-state index contributed by atoms with van der Waals surface area (Å²) in [6, 6.07) is 6.58. The van der Waals surface area contributed by atoms with Crippen molar-refractivity contribution in [2.75, 3.05) is 0 Å². The van der Waals surface area contributed by atoms with E-state index in [2.05, 4.69) is 6.92 Å². The molecule has 1 heterocycles. The van der Waals surface area contributed by atoms with Gasteiger partial charge in [-0.3, -0.25) is 14.4 Å². The highest BCUT2D eigenvalue weighted by Crippen LogP contribution is 2.23. The van der Waals surface area contributed by atoms with Gasteiger partial charge >= 0.3 is 0 Å². The summed E-state index contributed by atoms with van der Waals surface area (Å²) in [5.41, 5.74) is 0.664. The topological polar surface area (TPSA) is 54.5 Å². The Balaban J connectivity index is 1.87. The number of carbonyl (C=O) groups excluding carboxylic acids is 3. The molecule has 0 radical (unpaired) electrons. The molecular formula is C17H21NO3. The van der Waals surface area contributed by atoms with Crippen molar-refractivity contribution in [2.24, 2.45) is 0 Å². The average Bonchev–Trinajstić information content (AvgIpc) is 2.75. The van der Waals surface area contributed by atoms with Gasteiger partial charge in [-0.25, -0.2) is 4.90 Å². The summed E-state index contributed by atoms with van der Waals surface area (Å²) in [6.07, 6.45) is 6.64. The van der Waals surface area contributed by atoms with Gasteiger partial charge in [0.05, 0.1) is 11.1 Å². The molecule has 21 heavy (non-hydrogen) atoms. The highest BCUT2D eigenvalue weighted by Gasteiger charge is 2.38. The number of rotatable bonds is 7. The summed E-state index contributed by atoms with van der Waals surface area (Å²) in [4.78, 5) is 37.1. The molecule has 0 atom stereocenters. The van der Waals surface area contributed by atoms with Gasteiger partial charge in [0.15, 0.2) is 0 Å². The number of hydrogen-bond donors (Lipinski definition) is 0. The van der Waals surface area contributed by atoms with E-state index in [9.17, 15) is 14.4 Å². The van der Waals surface area contributed by atoms with E-state index in [1.165, 1.54) is 19.3 Å². The number of nitrogens with zero attached hydrogens (tertiary/aromatic N) is 1. The van der Waals surface area contributed by atoms with Crippen LogP contribution in [0.4, 0.5) is 0 Å². The Bertz CT molecular complexity index is 516. The van der Waals surface area contributed by atoms with Crippen molar-refractivity contribution in [1.29, 1.82) is 0 Å². The zero-order valence-electron chi connectivity index (χ0n) is 12.4. The molecule has 0 unspecified atom stereocenters. The van der Waals surface area contributed by atoms with Gasteiger partial charge < -0.3 is 0 Å². The van der Waals surface area contributed by atoms with Crippen molar-refractivity contribution < 1.29 is 14.4 Å². The van der Waals surface area contributed by atoms with Crippen molar-refractivity contribution >= 4 is 17.7 Å². The lowest BCUT2D eigenvalue weighted by molar-refractivity contribution is -0.126. The smallest absolute Gasteiger partial charge is 0.268 e. The monoisotopic (exact) mass is 287 g/mol. The lowest BCUT2D eigenvalue weighted by atomic mass is 10.1. The highest BCUT2D eigenvalue weighted by molar-refractivity contribution is 6.28. The van der Waals surface area contributed by atoms with Gasteiger partial charge in [-0.2, -0.15) is 0 Å². The number of carbonyl (C=O) groups is 3. The van der Waals surface area contributed by atoms with Gasteiger partial charge in [-0.15, -0.1) is 0 Å². The summed E-state index contributed by atoms with van der Waals surface area (Å²) < 4.78 is 0. The third-order valence-corrected chi connectivity index (χ3v) is 3.79. The molecule has 0 aromatic heterocycles. The molecule has 4 nitrogen and oxygen atoms in total. The molecule has 1 aliphatic heterocycles. The van der Waals surface area contributed by atoms with E-state index in [0.717, 1.165) is 24.2 Å². The average molecular weight is 287 g/mol. The second-order valence-electron chi connectivity index (χ2n) is 5.40. The number of amides is 3. The summed E-state index contributed by atoms with van der Waals surface area (Å²) in [5, 5.41) is 0. The standard InChI is InChI=1S/C17H21NO3/c1-2-3-4-5-6-7-12-15(19)18-16(20)13-10-8-9-11-14(13)17(18)21/h8-11H,2-7,12H2,1H3. The van der Waals surface area contributed by atoms with Crippen LogP contribution in [0, 0.1) is 0 Å². The fourth-order valence-electron chi connectivity index (χ4n) is 2.58.